The Morgan fingerprint density at radius 2 is 1.82 bits per heavy atom. The van der Waals surface area contributed by atoms with E-state index in [0.717, 1.165) is 11.1 Å². The molecule has 6 rings (SSSR count). The van der Waals surface area contributed by atoms with Gasteiger partial charge in [0, 0.05) is 5.56 Å². The molecule has 1 atom stereocenters. The smallest absolute Gasteiger partial charge is 0.338 e. The number of ether oxygens (including phenoxy) is 6. The Bertz CT molecular complexity index is 1960. The maximum atomic E-state index is 14.0. The number of fused-ring (bicyclic) bond motifs is 2. The first-order chi connectivity index (χ1) is 21.4. The first kappa shape index (κ1) is 29.1. The molecule has 0 unspecified atom stereocenters. The SMILES string of the molecule is CCOC(=O)C1=C(C)N=c2sc(=Cc3ccc(OCc4ccc5c(c4)OCO5)c(OC)c3)c(=O)n2[C@@H]1c1ccccc1OC. The van der Waals surface area contributed by atoms with Crippen molar-refractivity contribution in [3.63, 3.8) is 0 Å². The van der Waals surface area contributed by atoms with Crippen LogP contribution in [0.25, 0.3) is 6.08 Å². The zero-order valence-electron chi connectivity index (χ0n) is 24.6. The number of esters is 1. The van der Waals surface area contributed by atoms with E-state index < -0.39 is 12.0 Å². The molecule has 3 aromatic carbocycles. The molecule has 0 aliphatic carbocycles. The molecule has 10 nitrogen and oxygen atoms in total. The van der Waals surface area contributed by atoms with E-state index in [1.807, 2.05) is 42.5 Å². The van der Waals surface area contributed by atoms with Crippen LogP contribution in [0, 0.1) is 0 Å². The molecule has 226 valence electrons. The molecule has 0 spiro atoms. The van der Waals surface area contributed by atoms with Crippen molar-refractivity contribution >= 4 is 23.4 Å². The molecular weight excluding hydrogens is 584 g/mol. The van der Waals surface area contributed by atoms with E-state index in [2.05, 4.69) is 4.99 Å². The van der Waals surface area contributed by atoms with E-state index in [0.29, 0.717) is 61.5 Å². The van der Waals surface area contributed by atoms with Gasteiger partial charge in [0.05, 0.1) is 36.6 Å². The summed E-state index contributed by atoms with van der Waals surface area (Å²) in [6.07, 6.45) is 1.77. The molecule has 0 saturated heterocycles. The summed E-state index contributed by atoms with van der Waals surface area (Å²) in [6.45, 7) is 4.19. The van der Waals surface area contributed by atoms with Gasteiger partial charge in [0.1, 0.15) is 18.4 Å². The minimum atomic E-state index is -0.773. The fourth-order valence-corrected chi connectivity index (χ4v) is 6.26. The summed E-state index contributed by atoms with van der Waals surface area (Å²) in [5.74, 6) is 2.48. The third kappa shape index (κ3) is 5.42. The molecule has 0 saturated carbocycles. The first-order valence-corrected chi connectivity index (χ1v) is 14.8. The molecule has 11 heteroatoms. The van der Waals surface area contributed by atoms with Gasteiger partial charge in [0.25, 0.3) is 5.56 Å². The highest BCUT2D eigenvalue weighted by Gasteiger charge is 2.35. The van der Waals surface area contributed by atoms with E-state index in [9.17, 15) is 9.59 Å². The van der Waals surface area contributed by atoms with E-state index in [4.69, 9.17) is 28.4 Å². The number of thiazole rings is 1. The molecule has 3 heterocycles. The number of allylic oxidation sites excluding steroid dienone is 1. The number of methoxy groups -OCH3 is 2. The number of hydrogen-bond donors (Lipinski definition) is 0. The van der Waals surface area contributed by atoms with Crippen LogP contribution in [0.15, 0.2) is 81.7 Å². The highest BCUT2D eigenvalue weighted by molar-refractivity contribution is 7.07. The Labute approximate surface area is 257 Å². The molecule has 44 heavy (non-hydrogen) atoms. The standard InChI is InChI=1S/C33H30N2O8S/c1-5-40-32(37)29-19(2)34-33-35(30(29)22-8-6-7-9-23(22)38-3)31(36)28(44-33)16-20-10-12-24(26(14-20)39-4)41-17-21-11-13-25-27(15-21)43-18-42-25/h6-16,30H,5,17-18H2,1-4H3/t30-/m1/s1. The van der Waals surface area contributed by atoms with E-state index in [-0.39, 0.29) is 19.0 Å². The minimum absolute atomic E-state index is 0.191. The van der Waals surface area contributed by atoms with Crippen LogP contribution in [0.1, 0.15) is 36.6 Å². The van der Waals surface area contributed by atoms with Crippen molar-refractivity contribution in [3.05, 3.63) is 108 Å². The van der Waals surface area contributed by atoms with Crippen molar-refractivity contribution in [1.82, 2.24) is 4.57 Å². The summed E-state index contributed by atoms with van der Waals surface area (Å²) in [6, 6.07) is 17.7. The van der Waals surface area contributed by atoms with Gasteiger partial charge in [0.2, 0.25) is 6.79 Å². The van der Waals surface area contributed by atoms with Crippen LogP contribution in [-0.2, 0) is 16.1 Å². The number of carbonyl (C=O) groups is 1. The summed E-state index contributed by atoms with van der Waals surface area (Å²) in [4.78, 5) is 32.3. The molecule has 1 aromatic heterocycles. The zero-order chi connectivity index (χ0) is 30.8. The number of aromatic nitrogens is 1. The predicted molar refractivity (Wildman–Crippen MR) is 163 cm³/mol. The van der Waals surface area contributed by atoms with Gasteiger partial charge in [-0.15, -0.1) is 0 Å². The van der Waals surface area contributed by atoms with Crippen molar-refractivity contribution in [1.29, 1.82) is 0 Å². The average Bonchev–Trinajstić information content (AvgIpc) is 3.63. The Morgan fingerprint density at radius 1 is 1.02 bits per heavy atom. The summed E-state index contributed by atoms with van der Waals surface area (Å²) in [5, 5.41) is 0. The van der Waals surface area contributed by atoms with Gasteiger partial charge in [0.15, 0.2) is 27.8 Å². The molecule has 0 bridgehead atoms. The lowest BCUT2D eigenvalue weighted by molar-refractivity contribution is -0.139. The minimum Gasteiger partial charge on any atom is -0.496 e. The Morgan fingerprint density at radius 3 is 2.61 bits per heavy atom. The maximum Gasteiger partial charge on any atom is 0.338 e. The highest BCUT2D eigenvalue weighted by Crippen LogP contribution is 2.36. The van der Waals surface area contributed by atoms with Gasteiger partial charge in [-0.3, -0.25) is 9.36 Å². The van der Waals surface area contributed by atoms with E-state index in [1.165, 1.54) is 15.9 Å². The number of nitrogens with zero attached hydrogens (tertiary/aromatic N) is 2. The van der Waals surface area contributed by atoms with Gasteiger partial charge in [-0.25, -0.2) is 9.79 Å². The van der Waals surface area contributed by atoms with Crippen molar-refractivity contribution in [2.24, 2.45) is 4.99 Å². The Kier molecular flexibility index (Phi) is 8.12. The third-order valence-corrected chi connectivity index (χ3v) is 8.25. The third-order valence-electron chi connectivity index (χ3n) is 7.27. The number of carbonyl (C=O) groups excluding carboxylic acids is 1. The molecule has 0 radical (unpaired) electrons. The summed E-state index contributed by atoms with van der Waals surface area (Å²) in [5.41, 5.74) is 2.80. The summed E-state index contributed by atoms with van der Waals surface area (Å²) in [7, 11) is 3.12. The van der Waals surface area contributed by atoms with Gasteiger partial charge in [-0.2, -0.15) is 0 Å². The molecule has 0 amide bonds. The van der Waals surface area contributed by atoms with E-state index >= 15 is 0 Å². The zero-order valence-corrected chi connectivity index (χ0v) is 25.4. The van der Waals surface area contributed by atoms with Crippen molar-refractivity contribution in [2.75, 3.05) is 27.6 Å². The van der Waals surface area contributed by atoms with Crippen LogP contribution in [0.5, 0.6) is 28.7 Å². The average molecular weight is 615 g/mol. The second-order valence-corrected chi connectivity index (χ2v) is 10.9. The molecule has 0 N–H and O–H groups in total. The Balaban J connectivity index is 1.36. The quantitative estimate of drug-likeness (QED) is 0.259. The van der Waals surface area contributed by atoms with Gasteiger partial charge >= 0.3 is 5.97 Å². The normalized spacial score (nSPS) is 15.5. The van der Waals surface area contributed by atoms with Crippen molar-refractivity contribution in [2.45, 2.75) is 26.5 Å². The highest BCUT2D eigenvalue weighted by atomic mass is 32.1. The van der Waals surface area contributed by atoms with Gasteiger partial charge in [-0.1, -0.05) is 41.7 Å². The summed E-state index contributed by atoms with van der Waals surface area (Å²) >= 11 is 1.24. The van der Waals surface area contributed by atoms with Crippen LogP contribution in [-0.4, -0.2) is 38.2 Å². The molecular formula is C33H30N2O8S. The van der Waals surface area contributed by atoms with Crippen LogP contribution < -0.4 is 38.6 Å². The first-order valence-electron chi connectivity index (χ1n) is 13.9. The van der Waals surface area contributed by atoms with Crippen LogP contribution >= 0.6 is 11.3 Å². The lowest BCUT2D eigenvalue weighted by atomic mass is 9.95. The second kappa shape index (κ2) is 12.3. The lowest BCUT2D eigenvalue weighted by Crippen LogP contribution is -2.40. The summed E-state index contributed by atoms with van der Waals surface area (Å²) < 4.78 is 35.5. The van der Waals surface area contributed by atoms with Crippen LogP contribution in [0.4, 0.5) is 0 Å². The van der Waals surface area contributed by atoms with Gasteiger partial charge < -0.3 is 28.4 Å². The number of hydrogen-bond acceptors (Lipinski definition) is 10. The van der Waals surface area contributed by atoms with Crippen molar-refractivity contribution < 1.29 is 33.2 Å². The lowest BCUT2D eigenvalue weighted by Gasteiger charge is -2.25. The van der Waals surface area contributed by atoms with Crippen LogP contribution in [0.2, 0.25) is 0 Å². The molecule has 2 aliphatic rings. The number of benzene rings is 3. The van der Waals surface area contributed by atoms with E-state index in [1.54, 1.807) is 52.3 Å². The fourth-order valence-electron chi connectivity index (χ4n) is 5.21. The predicted octanol–water partition coefficient (Wildman–Crippen LogP) is 4.12. The molecule has 4 aromatic rings. The van der Waals surface area contributed by atoms with Crippen molar-refractivity contribution in [3.8, 4) is 28.7 Å². The topological polar surface area (TPSA) is 107 Å². The fraction of sp³-hybridized carbons (Fsp3) is 0.242. The maximum absolute atomic E-state index is 14.0. The molecule has 0 fully saturated rings. The molecule has 2 aliphatic heterocycles. The monoisotopic (exact) mass is 614 g/mol. The number of rotatable bonds is 9. The second-order valence-electron chi connectivity index (χ2n) is 9.93. The van der Waals surface area contributed by atoms with Gasteiger partial charge in [-0.05, 0) is 61.4 Å². The van der Waals surface area contributed by atoms with Crippen LogP contribution in [0.3, 0.4) is 0 Å². The Hall–Kier alpha value is -5.03. The largest absolute Gasteiger partial charge is 0.496 e. The number of para-hydroxylation sites is 1.